The maximum atomic E-state index is 11.9. The highest BCUT2D eigenvalue weighted by Gasteiger charge is 2.56. The molecule has 1 heteroatoms. The van der Waals surface area contributed by atoms with Crippen LogP contribution in [0, 0.1) is 17.3 Å². The van der Waals surface area contributed by atoms with Gasteiger partial charge >= 0.3 is 0 Å². The first-order valence-corrected chi connectivity index (χ1v) is 5.57. The van der Waals surface area contributed by atoms with Gasteiger partial charge in [-0.3, -0.25) is 4.79 Å². The number of carbonyl (C=O) groups excluding carboxylic acids is 1. The predicted octanol–water partition coefficient (Wildman–Crippen LogP) is 2.71. The highest BCUT2D eigenvalue weighted by Crippen LogP contribution is 2.59. The quantitative estimate of drug-likeness (QED) is 0.554. The Morgan fingerprint density at radius 3 is 3.08 bits per heavy atom. The van der Waals surface area contributed by atoms with E-state index < -0.39 is 0 Å². The minimum absolute atomic E-state index is 0.109. The summed E-state index contributed by atoms with van der Waals surface area (Å²) in [5, 5.41) is 0. The van der Waals surface area contributed by atoms with Gasteiger partial charge < -0.3 is 0 Å². The predicted molar refractivity (Wildman–Crippen MR) is 51.3 cm³/mol. The molecule has 1 nitrogen and oxygen atoms in total. The number of hydrogen-bond acceptors (Lipinski definition) is 1. The van der Waals surface area contributed by atoms with Gasteiger partial charge in [0.1, 0.15) is 0 Å². The molecule has 0 N–H and O–H groups in total. The van der Waals surface area contributed by atoms with Crippen molar-refractivity contribution in [3.63, 3.8) is 0 Å². The van der Waals surface area contributed by atoms with Crippen LogP contribution in [0.15, 0.2) is 12.2 Å². The Morgan fingerprint density at radius 2 is 2.15 bits per heavy atom. The molecule has 70 valence electrons. The van der Waals surface area contributed by atoms with Gasteiger partial charge in [-0.1, -0.05) is 18.9 Å². The maximum Gasteiger partial charge on any atom is 0.162 e. The molecule has 13 heavy (non-hydrogen) atoms. The minimum atomic E-state index is 0.109. The van der Waals surface area contributed by atoms with Gasteiger partial charge in [0.05, 0.1) is 0 Å². The third-order valence-electron chi connectivity index (χ3n) is 4.55. The zero-order valence-corrected chi connectivity index (χ0v) is 7.96. The third kappa shape index (κ3) is 0.806. The summed E-state index contributed by atoms with van der Waals surface area (Å²) in [4.78, 5) is 11.9. The molecule has 3 atom stereocenters. The molecule has 0 amide bonds. The second kappa shape index (κ2) is 2.46. The molecule has 0 unspecified atom stereocenters. The van der Waals surface area contributed by atoms with Crippen LogP contribution in [-0.4, -0.2) is 5.78 Å². The minimum Gasteiger partial charge on any atom is -0.294 e. The van der Waals surface area contributed by atoms with Crippen molar-refractivity contribution in [3.05, 3.63) is 12.2 Å². The van der Waals surface area contributed by atoms with Crippen molar-refractivity contribution in [2.75, 3.05) is 0 Å². The average Bonchev–Trinajstić information content (AvgIpc) is 2.65. The Labute approximate surface area is 79.2 Å². The first-order chi connectivity index (χ1) is 6.34. The summed E-state index contributed by atoms with van der Waals surface area (Å²) in [6, 6.07) is 0. The molecule has 2 fully saturated rings. The maximum absolute atomic E-state index is 11.9. The normalized spacial score (nSPS) is 47.8. The molecule has 0 saturated heterocycles. The zero-order valence-electron chi connectivity index (χ0n) is 7.96. The van der Waals surface area contributed by atoms with E-state index >= 15 is 0 Å². The Bertz CT molecular complexity index is 279. The number of allylic oxidation sites excluding steroid dienone is 2. The van der Waals surface area contributed by atoms with Crippen molar-refractivity contribution in [3.8, 4) is 0 Å². The second-order valence-electron chi connectivity index (χ2n) is 4.89. The molecule has 0 heterocycles. The smallest absolute Gasteiger partial charge is 0.162 e. The van der Waals surface area contributed by atoms with Crippen LogP contribution in [0.1, 0.15) is 38.5 Å². The van der Waals surface area contributed by atoms with E-state index in [2.05, 4.69) is 6.08 Å². The molecule has 0 aliphatic heterocycles. The van der Waals surface area contributed by atoms with Gasteiger partial charge in [0, 0.05) is 5.41 Å². The van der Waals surface area contributed by atoms with Gasteiger partial charge in [-0.15, -0.1) is 0 Å². The number of carbonyl (C=O) groups is 1. The summed E-state index contributed by atoms with van der Waals surface area (Å²) in [7, 11) is 0. The van der Waals surface area contributed by atoms with E-state index in [0.717, 1.165) is 5.92 Å². The van der Waals surface area contributed by atoms with Gasteiger partial charge in [-0.05, 0) is 43.6 Å². The second-order valence-corrected chi connectivity index (χ2v) is 4.89. The van der Waals surface area contributed by atoms with Crippen molar-refractivity contribution < 1.29 is 4.79 Å². The van der Waals surface area contributed by atoms with Crippen LogP contribution < -0.4 is 0 Å². The van der Waals surface area contributed by atoms with E-state index in [-0.39, 0.29) is 5.41 Å². The van der Waals surface area contributed by atoms with Crippen LogP contribution in [0.2, 0.25) is 0 Å². The van der Waals surface area contributed by atoms with E-state index in [0.29, 0.717) is 11.7 Å². The molecular formula is C12H16O. The van der Waals surface area contributed by atoms with Crippen molar-refractivity contribution >= 4 is 5.78 Å². The number of ketones is 1. The SMILES string of the molecule is O=C1C=C[C@H]2CC[C@@H]3CCCC[C@@]132. The summed E-state index contributed by atoms with van der Waals surface area (Å²) in [6.45, 7) is 0. The number of hydrogen-bond donors (Lipinski definition) is 0. The van der Waals surface area contributed by atoms with Crippen LogP contribution >= 0.6 is 0 Å². The molecule has 0 aromatic rings. The van der Waals surface area contributed by atoms with Crippen molar-refractivity contribution in [1.29, 1.82) is 0 Å². The van der Waals surface area contributed by atoms with E-state index in [1.54, 1.807) is 0 Å². The lowest BCUT2D eigenvalue weighted by Gasteiger charge is -2.38. The Morgan fingerprint density at radius 1 is 1.23 bits per heavy atom. The van der Waals surface area contributed by atoms with Gasteiger partial charge in [0.2, 0.25) is 0 Å². The third-order valence-corrected chi connectivity index (χ3v) is 4.55. The Balaban J connectivity index is 2.03. The molecule has 3 aliphatic carbocycles. The van der Waals surface area contributed by atoms with Crippen LogP contribution in [0.5, 0.6) is 0 Å². The Kier molecular flexibility index (Phi) is 1.47. The van der Waals surface area contributed by atoms with Crippen molar-refractivity contribution in [2.45, 2.75) is 38.5 Å². The van der Waals surface area contributed by atoms with Crippen molar-refractivity contribution in [1.82, 2.24) is 0 Å². The van der Waals surface area contributed by atoms with E-state index in [4.69, 9.17) is 0 Å². The summed E-state index contributed by atoms with van der Waals surface area (Å²) >= 11 is 0. The first kappa shape index (κ1) is 7.78. The van der Waals surface area contributed by atoms with Gasteiger partial charge in [0.25, 0.3) is 0 Å². The fourth-order valence-electron chi connectivity index (χ4n) is 3.93. The lowest BCUT2D eigenvalue weighted by Crippen LogP contribution is -2.38. The van der Waals surface area contributed by atoms with Gasteiger partial charge in [-0.2, -0.15) is 0 Å². The molecule has 1 spiro atoms. The molecule has 0 aromatic carbocycles. The molecule has 0 aromatic heterocycles. The fourth-order valence-corrected chi connectivity index (χ4v) is 3.93. The topological polar surface area (TPSA) is 17.1 Å². The first-order valence-electron chi connectivity index (χ1n) is 5.57. The zero-order chi connectivity index (χ0) is 8.89. The van der Waals surface area contributed by atoms with Crippen LogP contribution in [0.4, 0.5) is 0 Å². The summed E-state index contributed by atoms with van der Waals surface area (Å²) in [5.74, 6) is 1.80. The monoisotopic (exact) mass is 176 g/mol. The molecule has 3 aliphatic rings. The van der Waals surface area contributed by atoms with Gasteiger partial charge in [0.15, 0.2) is 5.78 Å². The van der Waals surface area contributed by atoms with Crippen LogP contribution in [0.3, 0.4) is 0 Å². The number of rotatable bonds is 0. The molecule has 2 saturated carbocycles. The van der Waals surface area contributed by atoms with Crippen molar-refractivity contribution in [2.24, 2.45) is 17.3 Å². The highest BCUT2D eigenvalue weighted by atomic mass is 16.1. The van der Waals surface area contributed by atoms with E-state index in [1.807, 2.05) is 6.08 Å². The summed E-state index contributed by atoms with van der Waals surface area (Å²) in [6.07, 6.45) is 11.7. The molecule has 3 rings (SSSR count). The standard InChI is InChI=1S/C12H16O/c13-11-7-6-10-5-4-9-3-1-2-8-12(9,10)11/h6-7,9-10H,1-5,8H2/t9-,10+,12+/m0/s1. The highest BCUT2D eigenvalue weighted by molar-refractivity contribution is 5.98. The molecule has 0 radical (unpaired) electrons. The average molecular weight is 176 g/mol. The molecular weight excluding hydrogens is 160 g/mol. The Hall–Kier alpha value is -0.590. The van der Waals surface area contributed by atoms with Crippen LogP contribution in [0.25, 0.3) is 0 Å². The summed E-state index contributed by atoms with van der Waals surface area (Å²) < 4.78 is 0. The van der Waals surface area contributed by atoms with Gasteiger partial charge in [-0.25, -0.2) is 0 Å². The lowest BCUT2D eigenvalue weighted by molar-refractivity contribution is -0.128. The molecule has 0 bridgehead atoms. The van der Waals surface area contributed by atoms with E-state index in [1.165, 1.54) is 38.5 Å². The van der Waals surface area contributed by atoms with E-state index in [9.17, 15) is 4.79 Å². The van der Waals surface area contributed by atoms with Crippen LogP contribution in [-0.2, 0) is 4.79 Å². The largest absolute Gasteiger partial charge is 0.294 e. The summed E-state index contributed by atoms with van der Waals surface area (Å²) in [5.41, 5.74) is 0.109. The fraction of sp³-hybridized carbons (Fsp3) is 0.750. The lowest BCUT2D eigenvalue weighted by atomic mass is 9.64.